The maximum Gasteiger partial charge on any atom is 0.267 e. The van der Waals surface area contributed by atoms with Crippen LogP contribution in [-0.2, 0) is 11.3 Å². The van der Waals surface area contributed by atoms with Crippen LogP contribution in [0.5, 0.6) is 0 Å². The van der Waals surface area contributed by atoms with Crippen molar-refractivity contribution in [1.82, 2.24) is 9.55 Å². The molecule has 2 aliphatic rings. The van der Waals surface area contributed by atoms with Crippen LogP contribution in [0.25, 0.3) is 0 Å². The monoisotopic (exact) mass is 326 g/mol. The topological polar surface area (TPSA) is 44.1 Å². The van der Waals surface area contributed by atoms with Crippen molar-refractivity contribution in [3.63, 3.8) is 0 Å². The summed E-state index contributed by atoms with van der Waals surface area (Å²) in [6, 6.07) is 0. The predicted octanol–water partition coefficient (Wildman–Crippen LogP) is 2.89. The Morgan fingerprint density at radius 1 is 1.37 bits per heavy atom. The van der Waals surface area contributed by atoms with Gasteiger partial charge in [0.05, 0.1) is 24.6 Å². The molecule has 0 bridgehead atoms. The van der Waals surface area contributed by atoms with Gasteiger partial charge in [-0.25, -0.2) is 4.98 Å². The Bertz CT molecular complexity index is 508. The van der Waals surface area contributed by atoms with Gasteiger partial charge >= 0.3 is 0 Å². The highest BCUT2D eigenvalue weighted by atomic mass is 79.9. The first-order chi connectivity index (χ1) is 9.19. The molecule has 0 amide bonds. The van der Waals surface area contributed by atoms with Gasteiger partial charge in [0.25, 0.3) is 5.56 Å². The van der Waals surface area contributed by atoms with Gasteiger partial charge < -0.3 is 4.74 Å². The van der Waals surface area contributed by atoms with Crippen molar-refractivity contribution in [2.24, 2.45) is 0 Å². The molecular weight excluding hydrogens is 308 g/mol. The summed E-state index contributed by atoms with van der Waals surface area (Å²) >= 11 is 3.23. The fraction of sp³-hybridized carbons (Fsp3) is 0.714. The van der Waals surface area contributed by atoms with Crippen LogP contribution in [0.2, 0.25) is 0 Å². The lowest BCUT2D eigenvalue weighted by Crippen LogP contribution is -2.34. The number of rotatable bonds is 2. The van der Waals surface area contributed by atoms with E-state index in [1.807, 2.05) is 0 Å². The summed E-state index contributed by atoms with van der Waals surface area (Å²) in [5.74, 6) is 0. The largest absolute Gasteiger partial charge is 0.370 e. The number of ether oxygens (including phenoxy) is 1. The smallest absolute Gasteiger partial charge is 0.267 e. The molecule has 19 heavy (non-hydrogen) atoms. The van der Waals surface area contributed by atoms with E-state index in [0.717, 1.165) is 12.8 Å². The number of nitrogens with zero attached hydrogens (tertiary/aromatic N) is 2. The van der Waals surface area contributed by atoms with Gasteiger partial charge in [0.2, 0.25) is 0 Å². The average molecular weight is 327 g/mol. The lowest BCUT2D eigenvalue weighted by Gasteiger charge is -2.33. The van der Waals surface area contributed by atoms with Crippen molar-refractivity contribution in [1.29, 1.82) is 0 Å². The van der Waals surface area contributed by atoms with Gasteiger partial charge in [0, 0.05) is 6.20 Å². The van der Waals surface area contributed by atoms with E-state index in [-0.39, 0.29) is 17.3 Å². The van der Waals surface area contributed by atoms with Crippen LogP contribution in [0.3, 0.4) is 0 Å². The molecule has 5 heteroatoms. The third-order valence-corrected chi connectivity index (χ3v) is 4.91. The van der Waals surface area contributed by atoms with Crippen LogP contribution in [-0.4, -0.2) is 21.3 Å². The number of hydrogen-bond acceptors (Lipinski definition) is 3. The zero-order chi connectivity index (χ0) is 13.3. The van der Waals surface area contributed by atoms with E-state index in [1.165, 1.54) is 38.3 Å². The Balaban J connectivity index is 1.69. The molecule has 0 radical (unpaired) electrons. The average Bonchev–Trinajstić information content (AvgIpc) is 2.79. The second-order valence-corrected chi connectivity index (χ2v) is 6.58. The standard InChI is InChI=1S/C14H19BrN2O2/c15-12-8-16-10-17(13(12)18)9-11-4-7-14(19-11)5-2-1-3-6-14/h8,10-11H,1-7,9H2. The molecule has 1 atom stereocenters. The molecule has 2 heterocycles. The second-order valence-electron chi connectivity index (χ2n) is 5.72. The highest BCUT2D eigenvalue weighted by Crippen LogP contribution is 2.42. The molecule has 2 fully saturated rings. The summed E-state index contributed by atoms with van der Waals surface area (Å²) < 4.78 is 8.45. The van der Waals surface area contributed by atoms with Crippen molar-refractivity contribution < 1.29 is 4.74 Å². The zero-order valence-electron chi connectivity index (χ0n) is 11.0. The number of aromatic nitrogens is 2. The first-order valence-corrected chi connectivity index (χ1v) is 7.86. The lowest BCUT2D eigenvalue weighted by atomic mass is 9.83. The van der Waals surface area contributed by atoms with Crippen LogP contribution in [0.1, 0.15) is 44.9 Å². The van der Waals surface area contributed by atoms with Crippen LogP contribution < -0.4 is 5.56 Å². The number of halogens is 1. The fourth-order valence-electron chi connectivity index (χ4n) is 3.36. The highest BCUT2D eigenvalue weighted by molar-refractivity contribution is 9.10. The second kappa shape index (κ2) is 5.37. The van der Waals surface area contributed by atoms with Crippen molar-refractivity contribution in [3.05, 3.63) is 27.4 Å². The van der Waals surface area contributed by atoms with E-state index >= 15 is 0 Å². The maximum atomic E-state index is 11.9. The van der Waals surface area contributed by atoms with Gasteiger partial charge in [-0.2, -0.15) is 0 Å². The Labute approximate surface area is 121 Å². The minimum atomic E-state index is -0.0248. The molecule has 1 aliphatic carbocycles. The first-order valence-electron chi connectivity index (χ1n) is 7.06. The van der Waals surface area contributed by atoms with Crippen molar-refractivity contribution >= 4 is 15.9 Å². The third kappa shape index (κ3) is 2.77. The summed E-state index contributed by atoms with van der Waals surface area (Å²) in [5.41, 5.74) is 0.0922. The summed E-state index contributed by atoms with van der Waals surface area (Å²) in [6.45, 7) is 0.618. The minimum absolute atomic E-state index is 0.0248. The Kier molecular flexibility index (Phi) is 3.76. The molecule has 1 unspecified atom stereocenters. The van der Waals surface area contributed by atoms with E-state index in [2.05, 4.69) is 20.9 Å². The Hall–Kier alpha value is -0.680. The quantitative estimate of drug-likeness (QED) is 0.839. The maximum absolute atomic E-state index is 11.9. The van der Waals surface area contributed by atoms with Gasteiger partial charge in [-0.05, 0) is 41.6 Å². The first kappa shape index (κ1) is 13.3. The molecule has 4 nitrogen and oxygen atoms in total. The molecule has 0 aromatic carbocycles. The number of hydrogen-bond donors (Lipinski definition) is 0. The lowest BCUT2D eigenvalue weighted by molar-refractivity contribution is -0.0683. The van der Waals surface area contributed by atoms with E-state index in [0.29, 0.717) is 11.0 Å². The molecule has 1 aromatic heterocycles. The molecule has 1 saturated heterocycles. The van der Waals surface area contributed by atoms with E-state index in [4.69, 9.17) is 4.74 Å². The SMILES string of the molecule is O=c1c(Br)cncn1CC1CCC2(CCCCC2)O1. The van der Waals surface area contributed by atoms with Crippen LogP contribution in [0.15, 0.2) is 21.8 Å². The summed E-state index contributed by atoms with van der Waals surface area (Å²) in [7, 11) is 0. The van der Waals surface area contributed by atoms with E-state index < -0.39 is 0 Å². The van der Waals surface area contributed by atoms with Gasteiger partial charge in [0.1, 0.15) is 4.47 Å². The Morgan fingerprint density at radius 2 is 2.16 bits per heavy atom. The van der Waals surface area contributed by atoms with Crippen LogP contribution >= 0.6 is 15.9 Å². The van der Waals surface area contributed by atoms with Gasteiger partial charge in [-0.3, -0.25) is 9.36 Å². The highest BCUT2D eigenvalue weighted by Gasteiger charge is 2.40. The van der Waals surface area contributed by atoms with Gasteiger partial charge in [-0.1, -0.05) is 19.3 Å². The van der Waals surface area contributed by atoms with Gasteiger partial charge in [0.15, 0.2) is 0 Å². The zero-order valence-corrected chi connectivity index (χ0v) is 12.6. The third-order valence-electron chi connectivity index (χ3n) is 4.36. The van der Waals surface area contributed by atoms with Crippen molar-refractivity contribution in [2.75, 3.05) is 0 Å². The Morgan fingerprint density at radius 3 is 2.95 bits per heavy atom. The molecule has 1 aromatic rings. The minimum Gasteiger partial charge on any atom is -0.370 e. The molecule has 1 aliphatic heterocycles. The fourth-order valence-corrected chi connectivity index (χ4v) is 3.71. The van der Waals surface area contributed by atoms with E-state index in [9.17, 15) is 4.79 Å². The van der Waals surface area contributed by atoms with Gasteiger partial charge in [-0.15, -0.1) is 0 Å². The predicted molar refractivity (Wildman–Crippen MR) is 76.1 cm³/mol. The van der Waals surface area contributed by atoms with Crippen molar-refractivity contribution in [2.45, 2.75) is 63.2 Å². The molecule has 0 N–H and O–H groups in total. The summed E-state index contributed by atoms with van der Waals surface area (Å²) in [4.78, 5) is 16.0. The molecule has 1 spiro atoms. The molecule has 1 saturated carbocycles. The molecule has 3 rings (SSSR count). The van der Waals surface area contributed by atoms with E-state index in [1.54, 1.807) is 10.9 Å². The van der Waals surface area contributed by atoms with Crippen LogP contribution in [0.4, 0.5) is 0 Å². The van der Waals surface area contributed by atoms with Crippen LogP contribution in [0, 0.1) is 0 Å². The normalized spacial score (nSPS) is 25.8. The molecular formula is C14H19BrN2O2. The van der Waals surface area contributed by atoms with Crippen molar-refractivity contribution in [3.8, 4) is 0 Å². The summed E-state index contributed by atoms with van der Waals surface area (Å²) in [6.07, 6.45) is 11.8. The summed E-state index contributed by atoms with van der Waals surface area (Å²) in [5, 5.41) is 0. The molecule has 104 valence electrons.